The standard InChI is InChI=1S/C17H20FNO2S/c1-14-4-6-16(7-5-14)13-22(20,21)19-12-2-3-15-8-10-17(18)11-9-15/h4-11,19H,2-3,12-13H2,1H3. The van der Waals surface area contributed by atoms with Crippen molar-refractivity contribution in [1.29, 1.82) is 0 Å². The Morgan fingerprint density at radius 1 is 0.955 bits per heavy atom. The van der Waals surface area contributed by atoms with Crippen LogP contribution in [0.15, 0.2) is 48.5 Å². The fourth-order valence-corrected chi connectivity index (χ4v) is 3.31. The summed E-state index contributed by atoms with van der Waals surface area (Å²) < 4.78 is 39.3. The zero-order chi connectivity index (χ0) is 16.0. The van der Waals surface area contributed by atoms with Crippen molar-refractivity contribution in [2.24, 2.45) is 0 Å². The number of hydrogen-bond donors (Lipinski definition) is 1. The van der Waals surface area contributed by atoms with E-state index < -0.39 is 10.0 Å². The molecule has 0 aliphatic rings. The van der Waals surface area contributed by atoms with E-state index in [0.29, 0.717) is 19.4 Å². The minimum Gasteiger partial charge on any atom is -0.215 e. The fourth-order valence-electron chi connectivity index (χ4n) is 2.13. The van der Waals surface area contributed by atoms with Crippen molar-refractivity contribution in [2.75, 3.05) is 6.54 Å². The highest BCUT2D eigenvalue weighted by Crippen LogP contribution is 2.08. The molecule has 0 bridgehead atoms. The van der Waals surface area contributed by atoms with Gasteiger partial charge in [-0.1, -0.05) is 42.0 Å². The van der Waals surface area contributed by atoms with E-state index in [1.165, 1.54) is 12.1 Å². The fraction of sp³-hybridized carbons (Fsp3) is 0.294. The Kier molecular flexibility index (Phi) is 5.69. The Labute approximate surface area is 131 Å². The summed E-state index contributed by atoms with van der Waals surface area (Å²) in [5.41, 5.74) is 2.88. The Morgan fingerprint density at radius 3 is 2.18 bits per heavy atom. The van der Waals surface area contributed by atoms with Crippen LogP contribution in [0.25, 0.3) is 0 Å². The summed E-state index contributed by atoms with van der Waals surface area (Å²) in [6, 6.07) is 13.7. The third kappa shape index (κ3) is 5.58. The largest absolute Gasteiger partial charge is 0.215 e. The van der Waals surface area contributed by atoms with Gasteiger partial charge in [0, 0.05) is 6.54 Å². The molecule has 0 radical (unpaired) electrons. The Bertz CT molecular complexity index is 694. The van der Waals surface area contributed by atoms with Crippen LogP contribution in [-0.4, -0.2) is 15.0 Å². The van der Waals surface area contributed by atoms with Crippen LogP contribution in [0.4, 0.5) is 4.39 Å². The first-order valence-corrected chi connectivity index (χ1v) is 8.87. The van der Waals surface area contributed by atoms with Gasteiger partial charge in [-0.25, -0.2) is 17.5 Å². The van der Waals surface area contributed by atoms with Crippen LogP contribution in [0.2, 0.25) is 0 Å². The van der Waals surface area contributed by atoms with Crippen molar-refractivity contribution >= 4 is 10.0 Å². The maximum absolute atomic E-state index is 12.8. The minimum absolute atomic E-state index is 0.0101. The van der Waals surface area contributed by atoms with Crippen molar-refractivity contribution in [3.63, 3.8) is 0 Å². The van der Waals surface area contributed by atoms with Crippen molar-refractivity contribution in [1.82, 2.24) is 4.72 Å². The van der Waals surface area contributed by atoms with Crippen LogP contribution in [-0.2, 0) is 22.2 Å². The maximum atomic E-state index is 12.8. The number of benzene rings is 2. The van der Waals surface area contributed by atoms with E-state index in [2.05, 4.69) is 4.72 Å². The number of rotatable bonds is 7. The van der Waals surface area contributed by atoms with Gasteiger partial charge in [-0.15, -0.1) is 0 Å². The van der Waals surface area contributed by atoms with Gasteiger partial charge in [0.25, 0.3) is 0 Å². The highest BCUT2D eigenvalue weighted by molar-refractivity contribution is 7.88. The average molecular weight is 321 g/mol. The Hall–Kier alpha value is -1.72. The SMILES string of the molecule is Cc1ccc(CS(=O)(=O)NCCCc2ccc(F)cc2)cc1. The van der Waals surface area contributed by atoms with Crippen LogP contribution < -0.4 is 4.72 Å². The van der Waals surface area contributed by atoms with E-state index in [-0.39, 0.29) is 11.6 Å². The second-order valence-corrected chi connectivity index (χ2v) is 7.18. The molecule has 1 N–H and O–H groups in total. The molecule has 0 atom stereocenters. The van der Waals surface area contributed by atoms with Gasteiger partial charge in [-0.05, 0) is 43.0 Å². The lowest BCUT2D eigenvalue weighted by molar-refractivity contribution is 0.578. The number of aryl methyl sites for hydroxylation is 2. The van der Waals surface area contributed by atoms with Crippen molar-refractivity contribution in [2.45, 2.75) is 25.5 Å². The maximum Gasteiger partial charge on any atom is 0.215 e. The first kappa shape index (κ1) is 16.6. The van der Waals surface area contributed by atoms with Crippen LogP contribution in [0, 0.1) is 12.7 Å². The molecule has 0 saturated carbocycles. The van der Waals surface area contributed by atoms with Crippen LogP contribution in [0.3, 0.4) is 0 Å². The molecule has 0 aromatic heterocycles. The summed E-state index contributed by atoms with van der Waals surface area (Å²) >= 11 is 0. The smallest absolute Gasteiger partial charge is 0.215 e. The first-order valence-electron chi connectivity index (χ1n) is 7.22. The molecule has 5 heteroatoms. The summed E-state index contributed by atoms with van der Waals surface area (Å²) in [5, 5.41) is 0. The topological polar surface area (TPSA) is 46.2 Å². The summed E-state index contributed by atoms with van der Waals surface area (Å²) in [6.07, 6.45) is 1.39. The average Bonchev–Trinajstić information content (AvgIpc) is 2.48. The highest BCUT2D eigenvalue weighted by Gasteiger charge is 2.10. The minimum atomic E-state index is -3.32. The van der Waals surface area contributed by atoms with Gasteiger partial charge >= 0.3 is 0 Å². The van der Waals surface area contributed by atoms with E-state index in [1.54, 1.807) is 12.1 Å². The van der Waals surface area contributed by atoms with E-state index in [1.807, 2.05) is 31.2 Å². The number of halogens is 1. The van der Waals surface area contributed by atoms with E-state index >= 15 is 0 Å². The van der Waals surface area contributed by atoms with Gasteiger partial charge in [-0.3, -0.25) is 0 Å². The van der Waals surface area contributed by atoms with Crippen molar-refractivity contribution in [3.8, 4) is 0 Å². The Balaban J connectivity index is 1.77. The molecule has 0 heterocycles. The third-order valence-electron chi connectivity index (χ3n) is 3.35. The normalized spacial score (nSPS) is 11.5. The lowest BCUT2D eigenvalue weighted by Crippen LogP contribution is -2.26. The molecular weight excluding hydrogens is 301 g/mol. The number of nitrogens with one attached hydrogen (secondary N) is 1. The quantitative estimate of drug-likeness (QED) is 0.796. The van der Waals surface area contributed by atoms with Gasteiger partial charge in [-0.2, -0.15) is 0 Å². The van der Waals surface area contributed by atoms with Crippen molar-refractivity contribution < 1.29 is 12.8 Å². The van der Waals surface area contributed by atoms with Crippen molar-refractivity contribution in [3.05, 3.63) is 71.0 Å². The van der Waals surface area contributed by atoms with Gasteiger partial charge in [0.2, 0.25) is 10.0 Å². The number of hydrogen-bond acceptors (Lipinski definition) is 2. The summed E-state index contributed by atoms with van der Waals surface area (Å²) in [6.45, 7) is 2.34. The summed E-state index contributed by atoms with van der Waals surface area (Å²) in [5.74, 6) is -0.272. The molecule has 3 nitrogen and oxygen atoms in total. The first-order chi connectivity index (χ1) is 10.4. The molecule has 2 rings (SSSR count). The lowest BCUT2D eigenvalue weighted by Gasteiger charge is -2.07. The van der Waals surface area contributed by atoms with Gasteiger partial charge in [0.05, 0.1) is 5.75 Å². The molecule has 2 aromatic carbocycles. The van der Waals surface area contributed by atoms with E-state index in [4.69, 9.17) is 0 Å². The monoisotopic (exact) mass is 321 g/mol. The molecule has 0 amide bonds. The predicted molar refractivity (Wildman–Crippen MR) is 86.5 cm³/mol. The van der Waals surface area contributed by atoms with Gasteiger partial charge in [0.15, 0.2) is 0 Å². The summed E-state index contributed by atoms with van der Waals surface area (Å²) in [4.78, 5) is 0. The molecule has 2 aromatic rings. The predicted octanol–water partition coefficient (Wildman–Crippen LogP) is 3.19. The molecule has 0 unspecified atom stereocenters. The second kappa shape index (κ2) is 7.51. The molecule has 22 heavy (non-hydrogen) atoms. The highest BCUT2D eigenvalue weighted by atomic mass is 32.2. The third-order valence-corrected chi connectivity index (χ3v) is 4.71. The van der Waals surface area contributed by atoms with E-state index in [0.717, 1.165) is 16.7 Å². The second-order valence-electron chi connectivity index (χ2n) is 5.37. The van der Waals surface area contributed by atoms with Crippen LogP contribution in [0.5, 0.6) is 0 Å². The molecule has 0 aliphatic carbocycles. The van der Waals surface area contributed by atoms with Crippen LogP contribution >= 0.6 is 0 Å². The van der Waals surface area contributed by atoms with Gasteiger partial charge < -0.3 is 0 Å². The molecule has 118 valence electrons. The van der Waals surface area contributed by atoms with E-state index in [9.17, 15) is 12.8 Å². The molecule has 0 fully saturated rings. The molecular formula is C17H20FNO2S. The zero-order valence-electron chi connectivity index (χ0n) is 12.5. The Morgan fingerprint density at radius 2 is 1.55 bits per heavy atom. The lowest BCUT2D eigenvalue weighted by atomic mass is 10.1. The zero-order valence-corrected chi connectivity index (χ0v) is 13.4. The molecule has 0 saturated heterocycles. The molecule has 0 spiro atoms. The molecule has 0 aliphatic heterocycles. The van der Waals surface area contributed by atoms with Gasteiger partial charge in [0.1, 0.15) is 5.82 Å². The van der Waals surface area contributed by atoms with Crippen LogP contribution in [0.1, 0.15) is 23.1 Å². The number of sulfonamides is 1. The summed E-state index contributed by atoms with van der Waals surface area (Å²) in [7, 11) is -3.32.